The minimum Gasteiger partial charge on any atom is -0.484 e. The number of likely N-dealkylation sites (tertiary alicyclic amines) is 2. The summed E-state index contributed by atoms with van der Waals surface area (Å²) in [5.74, 6) is 1.03. The van der Waals surface area contributed by atoms with Crippen molar-refractivity contribution in [3.8, 4) is 11.5 Å². The molecule has 2 saturated heterocycles. The van der Waals surface area contributed by atoms with Gasteiger partial charge in [0, 0.05) is 94.7 Å². The number of nitrogens with two attached hydrogens (primary N) is 2. The van der Waals surface area contributed by atoms with Crippen molar-refractivity contribution in [1.29, 1.82) is 0 Å². The van der Waals surface area contributed by atoms with Crippen LogP contribution in [-0.4, -0.2) is 180 Å². The summed E-state index contributed by atoms with van der Waals surface area (Å²) in [6, 6.07) is 18.3. The van der Waals surface area contributed by atoms with Crippen molar-refractivity contribution in [2.24, 2.45) is 11.5 Å². The summed E-state index contributed by atoms with van der Waals surface area (Å²) in [5.41, 5.74) is 16.5. The highest BCUT2D eigenvalue weighted by Gasteiger charge is 2.42. The first-order chi connectivity index (χ1) is 42.2. The second-order valence-electron chi connectivity index (χ2n) is 22.8. The molecule has 8 rings (SSSR count). The Bertz CT molecular complexity index is 2940. The molecule has 2 fully saturated rings. The molecule has 486 valence electrons. The molecule has 0 aromatic heterocycles. The zero-order chi connectivity index (χ0) is 62.8. The van der Waals surface area contributed by atoms with Gasteiger partial charge in [0.2, 0.25) is 20.0 Å². The molecule has 0 spiro atoms. The van der Waals surface area contributed by atoms with E-state index in [1.807, 2.05) is 12.1 Å². The van der Waals surface area contributed by atoms with Gasteiger partial charge in [0.15, 0.2) is 0 Å². The van der Waals surface area contributed by atoms with Crippen molar-refractivity contribution in [2.45, 2.75) is 123 Å². The molecule has 88 heavy (non-hydrogen) atoms. The van der Waals surface area contributed by atoms with Crippen LogP contribution in [0.2, 0.25) is 20.1 Å². The molecule has 4 aromatic carbocycles. The summed E-state index contributed by atoms with van der Waals surface area (Å²) in [5, 5.41) is 13.2. The van der Waals surface area contributed by atoms with Crippen molar-refractivity contribution in [3.05, 3.63) is 115 Å². The highest BCUT2D eigenvalue weighted by molar-refractivity contribution is 7.89. The number of unbranched alkanes of at least 4 members (excludes halogenated alkanes) is 1. The maximum atomic E-state index is 13.3. The van der Waals surface area contributed by atoms with E-state index in [0.29, 0.717) is 70.4 Å². The molecule has 8 atom stereocenters. The van der Waals surface area contributed by atoms with E-state index in [2.05, 4.69) is 40.5 Å². The number of sulfonamides is 2. The van der Waals surface area contributed by atoms with Gasteiger partial charge >= 0.3 is 12.1 Å². The fourth-order valence-electron chi connectivity index (χ4n) is 11.5. The Morgan fingerprint density at radius 3 is 1.31 bits per heavy atom. The van der Waals surface area contributed by atoms with Gasteiger partial charge in [-0.1, -0.05) is 46.4 Å². The number of carbonyl (C=O) groups is 2. The van der Waals surface area contributed by atoms with E-state index in [9.17, 15) is 26.4 Å². The van der Waals surface area contributed by atoms with Crippen LogP contribution in [0.3, 0.4) is 0 Å². The van der Waals surface area contributed by atoms with Crippen LogP contribution < -0.4 is 51.7 Å². The lowest BCUT2D eigenvalue weighted by Gasteiger charge is -2.38. The molecular formula is C60H84Cl4N10O12S2. The van der Waals surface area contributed by atoms with Crippen molar-refractivity contribution >= 4 is 78.5 Å². The smallest absolute Gasteiger partial charge is 0.314 e. The third kappa shape index (κ3) is 20.6. The fraction of sp³-hybridized carbons (Fsp3) is 0.567. The predicted octanol–water partition coefficient (Wildman–Crippen LogP) is 6.71. The number of nitrogens with zero attached hydrogens (tertiary/aromatic N) is 2. The number of rotatable bonds is 33. The van der Waals surface area contributed by atoms with Gasteiger partial charge in [-0.2, -0.15) is 0 Å². The number of fused-ring (bicyclic) bond motifs is 2. The first-order valence-corrected chi connectivity index (χ1v) is 34.6. The molecular weight excluding hydrogens is 1260 g/mol. The summed E-state index contributed by atoms with van der Waals surface area (Å²) in [6.07, 6.45) is 5.88. The molecule has 2 aliphatic heterocycles. The number of nitrogens with one attached hydrogen (secondary N) is 6. The molecule has 4 amide bonds. The SMILES string of the molecule is C[C@@H](COCCOCCNC(=O)NCCCCNC(=O)NCCOCCOC[C@H](C)NS(=O)(=O)c1ccc(O[C@H]2c3cc(Cl)cc(Cl)c3C[C@@H]2N2CCC[C@@H](N)C2)cc1)NS(=O)(=O)c1ccc(O[C@H]2c3cc(Cl)cc(Cl)c3C[C@@H]2N2CCC[C@@H](N)C2)cc1. The maximum Gasteiger partial charge on any atom is 0.314 e. The normalized spacial score (nSPS) is 21.3. The number of ether oxygens (including phenoxy) is 6. The van der Waals surface area contributed by atoms with Gasteiger partial charge in [-0.15, -0.1) is 0 Å². The van der Waals surface area contributed by atoms with Crippen LogP contribution in [0.1, 0.15) is 86.8 Å². The van der Waals surface area contributed by atoms with Crippen molar-refractivity contribution < 1.29 is 54.8 Å². The Morgan fingerprint density at radius 1 is 0.545 bits per heavy atom. The molecule has 4 aromatic rings. The summed E-state index contributed by atoms with van der Waals surface area (Å²) in [6.45, 7) is 9.76. The Hall–Kier alpha value is -4.32. The molecule has 22 nitrogen and oxygen atoms in total. The molecule has 10 N–H and O–H groups in total. The summed E-state index contributed by atoms with van der Waals surface area (Å²) >= 11 is 26.1. The quantitative estimate of drug-likeness (QED) is 0.0230. The van der Waals surface area contributed by atoms with Crippen LogP contribution in [0.25, 0.3) is 0 Å². The number of urea groups is 2. The molecule has 2 aliphatic carbocycles. The second kappa shape index (κ2) is 33.8. The second-order valence-corrected chi connectivity index (χ2v) is 27.9. The first-order valence-electron chi connectivity index (χ1n) is 30.1. The number of benzene rings is 4. The lowest BCUT2D eigenvalue weighted by molar-refractivity contribution is 0.0443. The van der Waals surface area contributed by atoms with Gasteiger partial charge in [-0.3, -0.25) is 9.80 Å². The van der Waals surface area contributed by atoms with Crippen molar-refractivity contribution in [2.75, 3.05) is 105 Å². The van der Waals surface area contributed by atoms with E-state index in [0.717, 1.165) is 74.1 Å². The number of halogens is 4. The number of carbonyl (C=O) groups excluding carboxylic acids is 2. The third-order valence-corrected chi connectivity index (χ3v) is 20.0. The van der Waals surface area contributed by atoms with Gasteiger partial charge in [-0.25, -0.2) is 35.9 Å². The van der Waals surface area contributed by atoms with Crippen LogP contribution >= 0.6 is 46.4 Å². The van der Waals surface area contributed by atoms with Gasteiger partial charge in [-0.05, 0) is 162 Å². The van der Waals surface area contributed by atoms with Crippen LogP contribution in [0, 0.1) is 0 Å². The van der Waals surface area contributed by atoms with E-state index in [1.54, 1.807) is 50.2 Å². The zero-order valence-electron chi connectivity index (χ0n) is 49.8. The fourth-order valence-corrected chi connectivity index (χ4v) is 15.1. The monoisotopic (exact) mass is 1340 g/mol. The van der Waals surface area contributed by atoms with Crippen molar-refractivity contribution in [1.82, 2.24) is 40.5 Å². The molecule has 0 radical (unpaired) electrons. The molecule has 0 unspecified atom stereocenters. The van der Waals surface area contributed by atoms with Crippen LogP contribution in [0.15, 0.2) is 82.6 Å². The summed E-state index contributed by atoms with van der Waals surface area (Å²) in [7, 11) is -7.73. The van der Waals surface area contributed by atoms with Gasteiger partial charge < -0.3 is 61.2 Å². The number of hydrogen-bond acceptors (Lipinski definition) is 16. The number of amides is 4. The van der Waals surface area contributed by atoms with Gasteiger partial charge in [0.05, 0.1) is 74.7 Å². The van der Waals surface area contributed by atoms with Gasteiger partial charge in [0.25, 0.3) is 0 Å². The van der Waals surface area contributed by atoms with E-state index in [-0.39, 0.29) is 124 Å². The minimum absolute atomic E-state index is 0.000228. The van der Waals surface area contributed by atoms with E-state index >= 15 is 0 Å². The Morgan fingerprint density at radius 2 is 0.920 bits per heavy atom. The van der Waals surface area contributed by atoms with Crippen LogP contribution in [0.4, 0.5) is 9.59 Å². The largest absolute Gasteiger partial charge is 0.484 e. The maximum absolute atomic E-state index is 13.3. The van der Waals surface area contributed by atoms with Crippen molar-refractivity contribution in [3.63, 3.8) is 0 Å². The van der Waals surface area contributed by atoms with Gasteiger partial charge in [0.1, 0.15) is 23.7 Å². The number of piperidine rings is 2. The van der Waals surface area contributed by atoms with E-state index < -0.39 is 32.1 Å². The average Bonchev–Trinajstić information content (AvgIpc) is 1.70. The Labute approximate surface area is 537 Å². The summed E-state index contributed by atoms with van der Waals surface area (Å²) in [4.78, 5) is 29.3. The highest BCUT2D eigenvalue weighted by Crippen LogP contribution is 2.45. The predicted molar refractivity (Wildman–Crippen MR) is 340 cm³/mol. The van der Waals surface area contributed by atoms with E-state index in [4.69, 9.17) is 86.3 Å². The Kier molecular flexibility index (Phi) is 26.7. The first kappa shape index (κ1) is 69.6. The molecule has 0 bridgehead atoms. The molecule has 4 aliphatic rings. The van der Waals surface area contributed by atoms with Crippen LogP contribution in [-0.2, 0) is 51.8 Å². The molecule has 0 saturated carbocycles. The standard InChI is InChI=1S/C60H84Cl4N10O12S2/c1-39(71-87(77,78)47-13-9-45(10-14-47)85-57-51-29-41(61)31-53(63)49(51)33-55(57)73-21-5-7-43(65)35-73)37-83-27-25-81-23-19-69-59(75)67-17-3-4-18-68-60(76)70-20-24-82-26-28-84-38-40(2)72-88(79,80)48-15-11-46(12-16-48)86-58-52-30-42(62)32-54(64)50(52)34-56(58)74-22-6-8-44(66)36-74/h9-16,29-32,39-40,43-44,55-58,71-72H,3-8,17-28,33-38,65-66H2,1-2H3,(H2,67,69,75)(H2,68,70,76)/t39-,40-,43+,44+,55-,56-,57-,58-/m0/s1. The lowest BCUT2D eigenvalue weighted by atomic mass is 10.0. The lowest BCUT2D eigenvalue weighted by Crippen LogP contribution is -2.49. The topological polar surface area (TPSA) is 288 Å². The highest BCUT2D eigenvalue weighted by atomic mass is 35.5. The minimum atomic E-state index is -3.86. The number of hydrogen-bond donors (Lipinski definition) is 8. The average molecular weight is 1340 g/mol. The summed E-state index contributed by atoms with van der Waals surface area (Å²) < 4.78 is 93.8. The third-order valence-electron chi connectivity index (χ3n) is 15.7. The molecule has 2 heterocycles. The molecule has 28 heteroatoms. The Balaban J connectivity index is 0.594. The van der Waals surface area contributed by atoms with Crippen LogP contribution in [0.5, 0.6) is 11.5 Å². The zero-order valence-corrected chi connectivity index (χ0v) is 54.5. The van der Waals surface area contributed by atoms with E-state index in [1.165, 1.54) is 24.3 Å².